The smallest absolute Gasteiger partial charge is 0.384 e. The lowest BCUT2D eigenvalue weighted by Gasteiger charge is -2.22. The number of hydrogen-bond donors (Lipinski definition) is 1. The van der Waals surface area contributed by atoms with E-state index in [1.807, 2.05) is 0 Å². The van der Waals surface area contributed by atoms with Crippen molar-refractivity contribution in [3.8, 4) is 0 Å². The maximum atomic E-state index is 12.3. The lowest BCUT2D eigenvalue weighted by atomic mass is 10.2. The minimum atomic E-state index is -4.45. The summed E-state index contributed by atoms with van der Waals surface area (Å²) in [4.78, 5) is 16.1. The van der Waals surface area contributed by atoms with Crippen LogP contribution in [0.5, 0.6) is 0 Å². The Morgan fingerprint density at radius 2 is 2.11 bits per heavy atom. The van der Waals surface area contributed by atoms with Crippen molar-refractivity contribution in [1.29, 1.82) is 0 Å². The Bertz CT molecular complexity index is 430. The van der Waals surface area contributed by atoms with E-state index >= 15 is 0 Å². The Morgan fingerprint density at radius 3 is 2.56 bits per heavy atom. The number of hydrogen-bond acceptors (Lipinski definition) is 3. The lowest BCUT2D eigenvalue weighted by molar-refractivity contribution is -0.140. The quantitative estimate of drug-likeness (QED) is 0.865. The fourth-order valence-electron chi connectivity index (χ4n) is 1.37. The minimum Gasteiger partial charge on any atom is -0.384 e. The molecule has 0 aromatic carbocycles. The van der Waals surface area contributed by atoms with Crippen LogP contribution in [0, 0.1) is 0 Å². The SMILES string of the molecule is CCN(CC(F)(F)F)C(=O)c1cc(N)nc(Cl)c1. The summed E-state index contributed by atoms with van der Waals surface area (Å²) in [6.07, 6.45) is -4.45. The Kier molecular flexibility index (Phi) is 4.39. The maximum Gasteiger partial charge on any atom is 0.406 e. The van der Waals surface area contributed by atoms with Crippen LogP contribution >= 0.6 is 11.6 Å². The summed E-state index contributed by atoms with van der Waals surface area (Å²) in [7, 11) is 0. The first-order chi connectivity index (χ1) is 8.23. The molecule has 1 aromatic heterocycles. The highest BCUT2D eigenvalue weighted by Crippen LogP contribution is 2.19. The maximum absolute atomic E-state index is 12.3. The zero-order valence-corrected chi connectivity index (χ0v) is 10.2. The molecule has 100 valence electrons. The first kappa shape index (κ1) is 14.6. The Labute approximate surface area is 107 Å². The van der Waals surface area contributed by atoms with Gasteiger partial charge in [-0.05, 0) is 19.1 Å². The summed E-state index contributed by atoms with van der Waals surface area (Å²) in [5.74, 6) is -0.806. The molecule has 0 aliphatic rings. The van der Waals surface area contributed by atoms with Crippen molar-refractivity contribution in [3.05, 3.63) is 22.8 Å². The molecule has 4 nitrogen and oxygen atoms in total. The van der Waals surface area contributed by atoms with Gasteiger partial charge in [0.1, 0.15) is 17.5 Å². The van der Waals surface area contributed by atoms with Crippen molar-refractivity contribution in [2.75, 3.05) is 18.8 Å². The first-order valence-electron chi connectivity index (χ1n) is 5.02. The first-order valence-corrected chi connectivity index (χ1v) is 5.40. The van der Waals surface area contributed by atoms with Gasteiger partial charge in [-0.1, -0.05) is 11.6 Å². The second-order valence-electron chi connectivity index (χ2n) is 3.54. The van der Waals surface area contributed by atoms with E-state index in [1.165, 1.54) is 19.1 Å². The van der Waals surface area contributed by atoms with Gasteiger partial charge in [-0.2, -0.15) is 13.2 Å². The largest absolute Gasteiger partial charge is 0.406 e. The molecule has 18 heavy (non-hydrogen) atoms. The molecule has 0 unspecified atom stereocenters. The number of nitrogen functional groups attached to an aromatic ring is 1. The zero-order valence-electron chi connectivity index (χ0n) is 9.46. The van der Waals surface area contributed by atoms with Gasteiger partial charge in [0.05, 0.1) is 0 Å². The van der Waals surface area contributed by atoms with E-state index in [-0.39, 0.29) is 23.1 Å². The van der Waals surface area contributed by atoms with Crippen LogP contribution in [0.15, 0.2) is 12.1 Å². The summed E-state index contributed by atoms with van der Waals surface area (Å²) < 4.78 is 36.8. The number of aromatic nitrogens is 1. The average molecular weight is 282 g/mol. The standard InChI is InChI=1S/C10H11ClF3N3O/c1-2-17(5-10(12,13)14)9(18)6-3-7(11)16-8(15)4-6/h3-4H,2,5H2,1H3,(H2,15,16). The third-order valence-electron chi connectivity index (χ3n) is 2.10. The van der Waals surface area contributed by atoms with E-state index < -0.39 is 18.6 Å². The third kappa shape index (κ3) is 4.06. The molecular weight excluding hydrogens is 271 g/mol. The van der Waals surface area contributed by atoms with Gasteiger partial charge in [-0.3, -0.25) is 4.79 Å². The molecule has 1 rings (SSSR count). The molecule has 0 spiro atoms. The minimum absolute atomic E-state index is 0.0152. The lowest BCUT2D eigenvalue weighted by Crippen LogP contribution is -2.38. The Hall–Kier alpha value is -1.50. The predicted molar refractivity (Wildman–Crippen MR) is 61.3 cm³/mol. The van der Waals surface area contributed by atoms with E-state index in [0.717, 1.165) is 0 Å². The Morgan fingerprint density at radius 1 is 1.50 bits per heavy atom. The molecule has 0 saturated heterocycles. The molecule has 8 heteroatoms. The highest BCUT2D eigenvalue weighted by molar-refractivity contribution is 6.29. The average Bonchev–Trinajstić information content (AvgIpc) is 2.22. The molecule has 0 bridgehead atoms. The van der Waals surface area contributed by atoms with Crippen LogP contribution in [0.25, 0.3) is 0 Å². The predicted octanol–water partition coefficient (Wildman–Crippen LogP) is 2.34. The third-order valence-corrected chi connectivity index (χ3v) is 2.29. The van der Waals surface area contributed by atoms with Crippen molar-refractivity contribution in [2.24, 2.45) is 0 Å². The van der Waals surface area contributed by atoms with Crippen molar-refractivity contribution in [2.45, 2.75) is 13.1 Å². The van der Waals surface area contributed by atoms with Gasteiger partial charge in [-0.25, -0.2) is 4.98 Å². The summed E-state index contributed by atoms with van der Waals surface area (Å²) in [6, 6.07) is 2.37. The molecule has 1 heterocycles. The molecule has 0 saturated carbocycles. The topological polar surface area (TPSA) is 59.2 Å². The number of pyridine rings is 1. The number of rotatable bonds is 3. The van der Waals surface area contributed by atoms with Crippen molar-refractivity contribution in [1.82, 2.24) is 9.88 Å². The molecule has 0 radical (unpaired) electrons. The molecule has 0 aliphatic carbocycles. The molecule has 1 aromatic rings. The van der Waals surface area contributed by atoms with Crippen LogP contribution in [0.3, 0.4) is 0 Å². The highest BCUT2D eigenvalue weighted by atomic mass is 35.5. The number of amides is 1. The van der Waals surface area contributed by atoms with Gasteiger partial charge >= 0.3 is 6.18 Å². The van der Waals surface area contributed by atoms with Crippen LogP contribution in [-0.2, 0) is 0 Å². The number of carbonyl (C=O) groups excluding carboxylic acids is 1. The van der Waals surface area contributed by atoms with Gasteiger partial charge in [0.2, 0.25) is 0 Å². The van der Waals surface area contributed by atoms with Gasteiger partial charge in [0, 0.05) is 12.1 Å². The molecular formula is C10H11ClF3N3O. The van der Waals surface area contributed by atoms with Crippen molar-refractivity contribution >= 4 is 23.3 Å². The highest BCUT2D eigenvalue weighted by Gasteiger charge is 2.32. The van der Waals surface area contributed by atoms with Crippen LogP contribution in [0.4, 0.5) is 19.0 Å². The van der Waals surface area contributed by atoms with E-state index in [9.17, 15) is 18.0 Å². The summed E-state index contributed by atoms with van der Waals surface area (Å²) in [5, 5.41) is -0.0404. The Balaban J connectivity index is 2.96. The fraction of sp³-hybridized carbons (Fsp3) is 0.400. The van der Waals surface area contributed by atoms with E-state index in [0.29, 0.717) is 4.90 Å². The monoisotopic (exact) mass is 281 g/mol. The molecule has 0 aliphatic heterocycles. The van der Waals surface area contributed by atoms with Gasteiger partial charge < -0.3 is 10.6 Å². The number of alkyl halides is 3. The second-order valence-corrected chi connectivity index (χ2v) is 3.93. The van der Waals surface area contributed by atoms with Crippen LogP contribution < -0.4 is 5.73 Å². The number of anilines is 1. The van der Waals surface area contributed by atoms with Crippen LogP contribution in [-0.4, -0.2) is 35.1 Å². The molecule has 0 fully saturated rings. The molecule has 1 amide bonds. The van der Waals surface area contributed by atoms with Crippen molar-refractivity contribution in [3.63, 3.8) is 0 Å². The van der Waals surface area contributed by atoms with Crippen LogP contribution in [0.1, 0.15) is 17.3 Å². The zero-order chi connectivity index (χ0) is 13.9. The van der Waals surface area contributed by atoms with E-state index in [1.54, 1.807) is 0 Å². The number of carbonyl (C=O) groups is 1. The number of nitrogens with zero attached hydrogens (tertiary/aromatic N) is 2. The molecule has 2 N–H and O–H groups in total. The van der Waals surface area contributed by atoms with Gasteiger partial charge in [0.15, 0.2) is 0 Å². The van der Waals surface area contributed by atoms with Gasteiger partial charge in [-0.15, -0.1) is 0 Å². The van der Waals surface area contributed by atoms with E-state index in [2.05, 4.69) is 4.98 Å². The summed E-state index contributed by atoms with van der Waals surface area (Å²) >= 11 is 5.59. The number of nitrogens with two attached hydrogens (primary N) is 1. The van der Waals surface area contributed by atoms with Crippen molar-refractivity contribution < 1.29 is 18.0 Å². The summed E-state index contributed by atoms with van der Waals surface area (Å²) in [5.41, 5.74) is 5.36. The van der Waals surface area contributed by atoms with E-state index in [4.69, 9.17) is 17.3 Å². The number of halogens is 4. The van der Waals surface area contributed by atoms with Crippen LogP contribution in [0.2, 0.25) is 5.15 Å². The molecule has 0 atom stereocenters. The van der Waals surface area contributed by atoms with Gasteiger partial charge in [0.25, 0.3) is 5.91 Å². The summed E-state index contributed by atoms with van der Waals surface area (Å²) in [6.45, 7) is 0.0656. The second kappa shape index (κ2) is 5.43. The normalized spacial score (nSPS) is 11.4. The fourth-order valence-corrected chi connectivity index (χ4v) is 1.58.